The van der Waals surface area contributed by atoms with E-state index in [0.29, 0.717) is 0 Å². The summed E-state index contributed by atoms with van der Waals surface area (Å²) in [5.74, 6) is 2.04. The molecule has 3 fully saturated rings. The first kappa shape index (κ1) is 4.25. The number of thiol groups is 1. The average Bonchev–Trinajstić information content (AvgIpc) is 2.18. The Kier molecular flexibility index (Phi) is 0.724. The highest BCUT2D eigenvalue weighted by atomic mass is 32.1. The van der Waals surface area contributed by atoms with Crippen LogP contribution in [0.1, 0.15) is 19.3 Å². The van der Waals surface area contributed by atoms with Gasteiger partial charge in [0.2, 0.25) is 0 Å². The molecular formula is C6H10S. The Morgan fingerprint density at radius 3 is 1.86 bits per heavy atom. The van der Waals surface area contributed by atoms with Gasteiger partial charge in [-0.15, -0.1) is 0 Å². The monoisotopic (exact) mass is 114 g/mol. The molecule has 0 aromatic carbocycles. The van der Waals surface area contributed by atoms with Gasteiger partial charge in [-0.25, -0.2) is 0 Å². The number of fused-ring (bicyclic) bond motifs is 1. The zero-order chi connectivity index (χ0) is 4.85. The topological polar surface area (TPSA) is 0 Å². The molecule has 0 heterocycles. The summed E-state index contributed by atoms with van der Waals surface area (Å²) in [5.41, 5.74) is 0. The molecule has 3 aliphatic carbocycles. The third-order valence-electron chi connectivity index (χ3n) is 2.48. The minimum atomic E-state index is 0.806. The van der Waals surface area contributed by atoms with Gasteiger partial charge in [-0.05, 0) is 31.1 Å². The molecule has 0 aromatic rings. The van der Waals surface area contributed by atoms with Gasteiger partial charge in [0.25, 0.3) is 0 Å². The lowest BCUT2D eigenvalue weighted by Crippen LogP contribution is -2.27. The van der Waals surface area contributed by atoms with Crippen molar-refractivity contribution in [3.05, 3.63) is 0 Å². The quantitative estimate of drug-likeness (QED) is 0.455. The predicted molar refractivity (Wildman–Crippen MR) is 33.6 cm³/mol. The average molecular weight is 114 g/mol. The summed E-state index contributed by atoms with van der Waals surface area (Å²) in [6.45, 7) is 0. The van der Waals surface area contributed by atoms with Crippen LogP contribution in [0.5, 0.6) is 0 Å². The highest BCUT2D eigenvalue weighted by molar-refractivity contribution is 7.81. The van der Waals surface area contributed by atoms with Gasteiger partial charge in [-0.1, -0.05) is 0 Å². The van der Waals surface area contributed by atoms with Crippen LogP contribution in [-0.4, -0.2) is 5.25 Å². The minimum Gasteiger partial charge on any atom is -0.175 e. The summed E-state index contributed by atoms with van der Waals surface area (Å²) < 4.78 is 0. The van der Waals surface area contributed by atoms with Crippen LogP contribution in [0, 0.1) is 11.8 Å². The Bertz CT molecular complexity index is 76.2. The van der Waals surface area contributed by atoms with Crippen molar-refractivity contribution in [1.82, 2.24) is 0 Å². The fourth-order valence-corrected chi connectivity index (χ4v) is 2.40. The molecular weight excluding hydrogens is 104 g/mol. The molecule has 3 rings (SSSR count). The van der Waals surface area contributed by atoms with Crippen molar-refractivity contribution in [2.75, 3.05) is 0 Å². The highest BCUT2D eigenvalue weighted by Gasteiger charge is 2.44. The van der Waals surface area contributed by atoms with E-state index >= 15 is 0 Å². The maximum Gasteiger partial charge on any atom is 0.00735 e. The summed E-state index contributed by atoms with van der Waals surface area (Å²) >= 11 is 4.44. The van der Waals surface area contributed by atoms with Crippen LogP contribution < -0.4 is 0 Å². The van der Waals surface area contributed by atoms with Crippen molar-refractivity contribution in [2.45, 2.75) is 24.5 Å². The Hall–Kier alpha value is 0.350. The fourth-order valence-electron chi connectivity index (χ4n) is 1.86. The third kappa shape index (κ3) is 0.399. The van der Waals surface area contributed by atoms with E-state index in [9.17, 15) is 0 Å². The van der Waals surface area contributed by atoms with Crippen LogP contribution in [-0.2, 0) is 0 Å². The molecule has 0 N–H and O–H groups in total. The number of hydrogen-bond acceptors (Lipinski definition) is 1. The number of hydrogen-bond donors (Lipinski definition) is 1. The molecule has 0 nitrogen and oxygen atoms in total. The van der Waals surface area contributed by atoms with Crippen molar-refractivity contribution in [3.63, 3.8) is 0 Å². The first-order chi connectivity index (χ1) is 3.38. The fraction of sp³-hybridized carbons (Fsp3) is 1.00. The summed E-state index contributed by atoms with van der Waals surface area (Å²) in [4.78, 5) is 0. The van der Waals surface area contributed by atoms with Crippen molar-refractivity contribution < 1.29 is 0 Å². The van der Waals surface area contributed by atoms with E-state index in [0.717, 1.165) is 17.1 Å². The second-order valence-electron chi connectivity index (χ2n) is 2.82. The molecule has 0 aromatic heterocycles. The Labute approximate surface area is 49.7 Å². The van der Waals surface area contributed by atoms with Gasteiger partial charge in [0.15, 0.2) is 0 Å². The van der Waals surface area contributed by atoms with Crippen LogP contribution in [0.3, 0.4) is 0 Å². The van der Waals surface area contributed by atoms with Crippen LogP contribution in [0.2, 0.25) is 0 Å². The second-order valence-corrected chi connectivity index (χ2v) is 3.42. The molecule has 40 valence electrons. The van der Waals surface area contributed by atoms with Crippen LogP contribution in [0.4, 0.5) is 0 Å². The second kappa shape index (κ2) is 1.19. The lowest BCUT2D eigenvalue weighted by atomic mass is 9.84. The summed E-state index contributed by atoms with van der Waals surface area (Å²) in [7, 11) is 0. The first-order valence-electron chi connectivity index (χ1n) is 3.06. The van der Waals surface area contributed by atoms with Gasteiger partial charge in [0.05, 0.1) is 0 Å². The maximum atomic E-state index is 4.44. The van der Waals surface area contributed by atoms with Gasteiger partial charge in [-0.2, -0.15) is 12.6 Å². The highest BCUT2D eigenvalue weighted by Crippen LogP contribution is 2.51. The molecule has 0 aliphatic heterocycles. The zero-order valence-electron chi connectivity index (χ0n) is 4.30. The standard InChI is InChI=1S/C6H10S/c7-6-4-1-2-5(6)3-4/h4-7H,1-3H2. The smallest absolute Gasteiger partial charge is 0.00735 e. The van der Waals surface area contributed by atoms with Crippen LogP contribution in [0.25, 0.3) is 0 Å². The molecule has 3 saturated carbocycles. The van der Waals surface area contributed by atoms with Gasteiger partial charge in [0.1, 0.15) is 0 Å². The molecule has 3 aliphatic rings. The zero-order valence-corrected chi connectivity index (χ0v) is 5.20. The molecule has 2 atom stereocenters. The molecule has 2 bridgehead atoms. The van der Waals surface area contributed by atoms with Crippen molar-refractivity contribution >= 4 is 12.6 Å². The molecule has 0 saturated heterocycles. The Balaban J connectivity index is 2.14. The first-order valence-corrected chi connectivity index (χ1v) is 3.57. The molecule has 0 amide bonds. The van der Waals surface area contributed by atoms with Crippen molar-refractivity contribution in [2.24, 2.45) is 11.8 Å². The van der Waals surface area contributed by atoms with Crippen LogP contribution in [0.15, 0.2) is 0 Å². The van der Waals surface area contributed by atoms with Gasteiger partial charge in [-0.3, -0.25) is 0 Å². The van der Waals surface area contributed by atoms with E-state index in [2.05, 4.69) is 12.6 Å². The van der Waals surface area contributed by atoms with E-state index in [1.807, 2.05) is 0 Å². The van der Waals surface area contributed by atoms with Gasteiger partial charge >= 0.3 is 0 Å². The normalized spacial score (nSPS) is 57.0. The largest absolute Gasteiger partial charge is 0.175 e. The van der Waals surface area contributed by atoms with E-state index in [1.54, 1.807) is 0 Å². The van der Waals surface area contributed by atoms with Crippen LogP contribution >= 0.6 is 12.6 Å². The summed E-state index contributed by atoms with van der Waals surface area (Å²) in [6.07, 6.45) is 4.44. The van der Waals surface area contributed by atoms with E-state index < -0.39 is 0 Å². The molecule has 1 heteroatoms. The summed E-state index contributed by atoms with van der Waals surface area (Å²) in [6, 6.07) is 0. The van der Waals surface area contributed by atoms with E-state index in [4.69, 9.17) is 0 Å². The summed E-state index contributed by atoms with van der Waals surface area (Å²) in [5, 5.41) is 0.806. The van der Waals surface area contributed by atoms with E-state index in [1.165, 1.54) is 19.3 Å². The van der Waals surface area contributed by atoms with Gasteiger partial charge in [0, 0.05) is 5.25 Å². The minimum absolute atomic E-state index is 0.806. The third-order valence-corrected chi connectivity index (χ3v) is 3.32. The van der Waals surface area contributed by atoms with E-state index in [-0.39, 0.29) is 0 Å². The SMILES string of the molecule is SC1C2CCC1C2. The lowest BCUT2D eigenvalue weighted by molar-refractivity contribution is 0.323. The molecule has 7 heavy (non-hydrogen) atoms. The van der Waals surface area contributed by atoms with Crippen molar-refractivity contribution in [1.29, 1.82) is 0 Å². The number of rotatable bonds is 0. The molecule has 0 radical (unpaired) electrons. The molecule has 0 spiro atoms. The van der Waals surface area contributed by atoms with Crippen molar-refractivity contribution in [3.8, 4) is 0 Å². The Morgan fingerprint density at radius 1 is 1.14 bits per heavy atom. The molecule has 2 unspecified atom stereocenters. The predicted octanol–water partition coefficient (Wildman–Crippen LogP) is 1.71. The lowest BCUT2D eigenvalue weighted by Gasteiger charge is -2.30. The Morgan fingerprint density at radius 2 is 1.71 bits per heavy atom. The maximum absolute atomic E-state index is 4.44. The van der Waals surface area contributed by atoms with Gasteiger partial charge < -0.3 is 0 Å².